The maximum absolute atomic E-state index is 12.7. The van der Waals surface area contributed by atoms with Crippen LogP contribution in [0.2, 0.25) is 0 Å². The van der Waals surface area contributed by atoms with Crippen molar-refractivity contribution < 1.29 is 4.79 Å². The van der Waals surface area contributed by atoms with Crippen molar-refractivity contribution in [2.45, 2.75) is 45.6 Å². The van der Waals surface area contributed by atoms with E-state index in [0.717, 1.165) is 44.7 Å². The Morgan fingerprint density at radius 3 is 2.75 bits per heavy atom. The molecule has 0 saturated carbocycles. The molecule has 0 bridgehead atoms. The summed E-state index contributed by atoms with van der Waals surface area (Å²) in [5, 5.41) is 4.36. The fourth-order valence-corrected chi connectivity index (χ4v) is 4.92. The van der Waals surface area contributed by atoms with Crippen molar-refractivity contribution in [3.05, 3.63) is 53.9 Å². The minimum absolute atomic E-state index is 0.209. The Hall–Kier alpha value is -2.14. The Balaban J connectivity index is 1.27. The lowest BCUT2D eigenvalue weighted by Gasteiger charge is -2.40. The normalized spacial score (nSPS) is 22.8. The van der Waals surface area contributed by atoms with Crippen LogP contribution in [-0.4, -0.2) is 58.2 Å². The summed E-state index contributed by atoms with van der Waals surface area (Å²) in [6.07, 6.45) is 7.92. The van der Waals surface area contributed by atoms with Crippen LogP contribution in [0.1, 0.15) is 36.9 Å². The van der Waals surface area contributed by atoms with Crippen LogP contribution < -0.4 is 0 Å². The Bertz CT molecular complexity index is 787. The van der Waals surface area contributed by atoms with E-state index in [2.05, 4.69) is 45.2 Å². The molecule has 5 nitrogen and oxygen atoms in total. The molecule has 1 spiro atoms. The van der Waals surface area contributed by atoms with E-state index in [-0.39, 0.29) is 5.91 Å². The highest BCUT2D eigenvalue weighted by Crippen LogP contribution is 2.39. The highest BCUT2D eigenvalue weighted by molar-refractivity contribution is 5.76. The van der Waals surface area contributed by atoms with Gasteiger partial charge in [0.2, 0.25) is 5.91 Å². The summed E-state index contributed by atoms with van der Waals surface area (Å²) in [6.45, 7) is 7.66. The van der Waals surface area contributed by atoms with Gasteiger partial charge in [-0.1, -0.05) is 30.3 Å². The third kappa shape index (κ3) is 4.64. The molecule has 5 heteroatoms. The summed E-state index contributed by atoms with van der Waals surface area (Å²) < 4.78 is 1.76. The third-order valence-corrected chi connectivity index (χ3v) is 6.39. The first kappa shape index (κ1) is 19.2. The van der Waals surface area contributed by atoms with Crippen LogP contribution in [0.25, 0.3) is 0 Å². The van der Waals surface area contributed by atoms with Crippen molar-refractivity contribution in [2.24, 2.45) is 5.41 Å². The van der Waals surface area contributed by atoms with Crippen molar-refractivity contribution in [3.63, 3.8) is 0 Å². The van der Waals surface area contributed by atoms with E-state index in [1.807, 2.05) is 19.2 Å². The smallest absolute Gasteiger partial charge is 0.244 e. The zero-order valence-electron chi connectivity index (χ0n) is 17.0. The molecule has 2 aliphatic heterocycles. The van der Waals surface area contributed by atoms with E-state index in [9.17, 15) is 4.79 Å². The highest BCUT2D eigenvalue weighted by atomic mass is 16.2. The number of rotatable bonds is 6. The van der Waals surface area contributed by atoms with Crippen molar-refractivity contribution in [3.8, 4) is 0 Å². The van der Waals surface area contributed by atoms with E-state index < -0.39 is 0 Å². The van der Waals surface area contributed by atoms with Gasteiger partial charge in [0.25, 0.3) is 0 Å². The number of aryl methyl sites for hydroxylation is 2. The second-order valence-corrected chi connectivity index (χ2v) is 8.69. The molecule has 0 aliphatic carbocycles. The molecule has 1 aromatic carbocycles. The van der Waals surface area contributed by atoms with E-state index in [1.54, 1.807) is 4.68 Å². The topological polar surface area (TPSA) is 41.4 Å². The first-order valence-corrected chi connectivity index (χ1v) is 10.7. The van der Waals surface area contributed by atoms with Gasteiger partial charge in [0.1, 0.15) is 6.54 Å². The quantitative estimate of drug-likeness (QED) is 0.773. The summed E-state index contributed by atoms with van der Waals surface area (Å²) in [5.74, 6) is 0.209. The molecule has 1 atom stereocenters. The highest BCUT2D eigenvalue weighted by Gasteiger charge is 2.42. The van der Waals surface area contributed by atoms with Gasteiger partial charge in [0.05, 0.1) is 5.69 Å². The zero-order valence-corrected chi connectivity index (χ0v) is 17.0. The second kappa shape index (κ2) is 8.48. The van der Waals surface area contributed by atoms with Crippen molar-refractivity contribution >= 4 is 5.91 Å². The molecule has 0 radical (unpaired) electrons. The number of amides is 1. The predicted molar refractivity (Wildman–Crippen MR) is 111 cm³/mol. The van der Waals surface area contributed by atoms with Crippen LogP contribution in [0.4, 0.5) is 0 Å². The van der Waals surface area contributed by atoms with Gasteiger partial charge in [-0.25, -0.2) is 0 Å². The summed E-state index contributed by atoms with van der Waals surface area (Å²) in [7, 11) is 0. The van der Waals surface area contributed by atoms with Gasteiger partial charge in [-0.3, -0.25) is 9.48 Å². The molecule has 4 rings (SSSR count). The number of nitrogens with zero attached hydrogens (tertiary/aromatic N) is 4. The molecule has 1 aromatic heterocycles. The number of hydrogen-bond donors (Lipinski definition) is 0. The average Bonchev–Trinajstić information content (AvgIpc) is 3.29. The van der Waals surface area contributed by atoms with Gasteiger partial charge in [-0.05, 0) is 63.7 Å². The minimum atomic E-state index is 0.209. The van der Waals surface area contributed by atoms with Crippen molar-refractivity contribution in [1.29, 1.82) is 0 Å². The summed E-state index contributed by atoms with van der Waals surface area (Å²) in [6, 6.07) is 12.7. The van der Waals surface area contributed by atoms with Crippen LogP contribution in [0, 0.1) is 12.3 Å². The lowest BCUT2D eigenvalue weighted by Crippen LogP contribution is -2.46. The Morgan fingerprint density at radius 1 is 1.11 bits per heavy atom. The molecule has 150 valence electrons. The monoisotopic (exact) mass is 380 g/mol. The maximum atomic E-state index is 12.7. The van der Waals surface area contributed by atoms with Crippen LogP contribution in [-0.2, 0) is 17.8 Å². The van der Waals surface area contributed by atoms with Crippen molar-refractivity contribution in [1.82, 2.24) is 19.6 Å². The number of likely N-dealkylation sites (tertiary alicyclic amines) is 2. The van der Waals surface area contributed by atoms with Gasteiger partial charge in [0.15, 0.2) is 0 Å². The SMILES string of the molecule is Cc1ccn(CC(=O)N2CC[C@]3(CCCN(CCCc4ccccc4)C3)C2)n1. The number of carbonyl (C=O) groups is 1. The second-order valence-electron chi connectivity index (χ2n) is 8.69. The molecular weight excluding hydrogens is 348 g/mol. The predicted octanol–water partition coefficient (Wildman–Crippen LogP) is 3.14. The number of hydrogen-bond acceptors (Lipinski definition) is 3. The molecule has 3 heterocycles. The van der Waals surface area contributed by atoms with Gasteiger partial charge >= 0.3 is 0 Å². The molecule has 2 aliphatic rings. The van der Waals surface area contributed by atoms with Crippen LogP contribution in [0.5, 0.6) is 0 Å². The summed E-state index contributed by atoms with van der Waals surface area (Å²) in [5.41, 5.74) is 2.70. The van der Waals surface area contributed by atoms with Gasteiger partial charge in [0, 0.05) is 31.2 Å². The fourth-order valence-electron chi connectivity index (χ4n) is 4.92. The Labute approximate surface area is 168 Å². The zero-order chi connectivity index (χ0) is 19.4. The van der Waals surface area contributed by atoms with Gasteiger partial charge in [-0.2, -0.15) is 5.10 Å². The molecule has 0 N–H and O–H groups in total. The number of benzene rings is 1. The standard InChI is InChI=1S/C23H32N4O/c1-20-10-15-27(24-20)17-22(28)26-16-12-23(19-26)11-6-14-25(18-23)13-5-9-21-7-3-2-4-8-21/h2-4,7-8,10,15H,5-6,9,11-14,16-19H2,1H3/t23-/m0/s1. The molecule has 1 amide bonds. The van der Waals surface area contributed by atoms with E-state index >= 15 is 0 Å². The van der Waals surface area contributed by atoms with Crippen LogP contribution in [0.3, 0.4) is 0 Å². The Kier molecular flexibility index (Phi) is 5.81. The molecular formula is C23H32N4O. The average molecular weight is 381 g/mol. The van der Waals surface area contributed by atoms with Crippen molar-refractivity contribution in [2.75, 3.05) is 32.7 Å². The lowest BCUT2D eigenvalue weighted by molar-refractivity contribution is -0.131. The lowest BCUT2D eigenvalue weighted by atomic mass is 9.79. The van der Waals surface area contributed by atoms with E-state index in [1.165, 1.54) is 31.4 Å². The minimum Gasteiger partial charge on any atom is -0.340 e. The van der Waals surface area contributed by atoms with E-state index in [0.29, 0.717) is 12.0 Å². The van der Waals surface area contributed by atoms with Crippen LogP contribution in [0.15, 0.2) is 42.6 Å². The molecule has 0 unspecified atom stereocenters. The van der Waals surface area contributed by atoms with Gasteiger partial charge in [-0.15, -0.1) is 0 Å². The number of aromatic nitrogens is 2. The van der Waals surface area contributed by atoms with Gasteiger partial charge < -0.3 is 9.80 Å². The number of carbonyl (C=O) groups excluding carboxylic acids is 1. The Morgan fingerprint density at radius 2 is 1.96 bits per heavy atom. The maximum Gasteiger partial charge on any atom is 0.244 e. The first-order valence-electron chi connectivity index (χ1n) is 10.7. The molecule has 2 fully saturated rings. The third-order valence-electron chi connectivity index (χ3n) is 6.39. The summed E-state index contributed by atoms with van der Waals surface area (Å²) in [4.78, 5) is 17.4. The molecule has 28 heavy (non-hydrogen) atoms. The molecule has 2 saturated heterocycles. The number of piperidine rings is 1. The largest absolute Gasteiger partial charge is 0.340 e. The van der Waals surface area contributed by atoms with E-state index in [4.69, 9.17) is 0 Å². The first-order chi connectivity index (χ1) is 13.6. The summed E-state index contributed by atoms with van der Waals surface area (Å²) >= 11 is 0. The fraction of sp³-hybridized carbons (Fsp3) is 0.565. The molecule has 2 aromatic rings. The van der Waals surface area contributed by atoms with Crippen LogP contribution >= 0.6 is 0 Å².